The van der Waals surface area contributed by atoms with Gasteiger partial charge in [-0.05, 0) is 36.2 Å². The third-order valence-electron chi connectivity index (χ3n) is 3.91. The van der Waals surface area contributed by atoms with Gasteiger partial charge < -0.3 is 10.5 Å². The standard InChI is InChI=1S/C14H21NO2S/c1-14(2,3)8-5-6-9-10(7-8)18-12(15)11(9)13(16)17-4/h8H,5-7,15H2,1-4H3/t8-/m1/s1. The highest BCUT2D eigenvalue weighted by Gasteiger charge is 2.33. The van der Waals surface area contributed by atoms with E-state index in [2.05, 4.69) is 20.8 Å². The summed E-state index contributed by atoms with van der Waals surface area (Å²) in [6.07, 6.45) is 3.09. The zero-order valence-corrected chi connectivity index (χ0v) is 12.3. The van der Waals surface area contributed by atoms with Crippen LogP contribution in [0.2, 0.25) is 0 Å². The van der Waals surface area contributed by atoms with Crippen LogP contribution in [0.5, 0.6) is 0 Å². The van der Waals surface area contributed by atoms with Crippen LogP contribution < -0.4 is 5.73 Å². The molecule has 1 aliphatic carbocycles. The number of hydrogen-bond acceptors (Lipinski definition) is 4. The molecule has 0 spiro atoms. The summed E-state index contributed by atoms with van der Waals surface area (Å²) in [4.78, 5) is 13.0. The Balaban J connectivity index is 2.34. The first-order chi connectivity index (χ1) is 8.34. The van der Waals surface area contributed by atoms with Crippen LogP contribution in [0.4, 0.5) is 5.00 Å². The summed E-state index contributed by atoms with van der Waals surface area (Å²) in [5.41, 5.74) is 8.02. The Morgan fingerprint density at radius 3 is 2.67 bits per heavy atom. The van der Waals surface area contributed by atoms with Gasteiger partial charge in [-0.2, -0.15) is 0 Å². The summed E-state index contributed by atoms with van der Waals surface area (Å²) in [5, 5.41) is 0.612. The maximum Gasteiger partial charge on any atom is 0.341 e. The predicted molar refractivity (Wildman–Crippen MR) is 75.0 cm³/mol. The summed E-state index contributed by atoms with van der Waals surface area (Å²) in [7, 11) is 1.41. The van der Waals surface area contributed by atoms with Crippen molar-refractivity contribution in [2.75, 3.05) is 12.8 Å². The average Bonchev–Trinajstić information content (AvgIpc) is 2.61. The van der Waals surface area contributed by atoms with E-state index in [-0.39, 0.29) is 5.97 Å². The smallest absolute Gasteiger partial charge is 0.341 e. The van der Waals surface area contributed by atoms with Gasteiger partial charge in [0.05, 0.1) is 12.7 Å². The van der Waals surface area contributed by atoms with Crippen LogP contribution in [0.15, 0.2) is 0 Å². The largest absolute Gasteiger partial charge is 0.465 e. The summed E-state index contributed by atoms with van der Waals surface area (Å²) >= 11 is 1.56. The highest BCUT2D eigenvalue weighted by Crippen LogP contribution is 2.43. The van der Waals surface area contributed by atoms with E-state index in [4.69, 9.17) is 10.5 Å². The molecule has 1 aromatic rings. The van der Waals surface area contributed by atoms with Gasteiger partial charge in [0.15, 0.2) is 0 Å². The lowest BCUT2D eigenvalue weighted by atomic mass is 9.72. The molecule has 0 aromatic carbocycles. The number of nitrogens with two attached hydrogens (primary N) is 1. The van der Waals surface area contributed by atoms with Gasteiger partial charge in [0, 0.05) is 4.88 Å². The Labute approximate surface area is 112 Å². The molecule has 100 valence electrons. The van der Waals surface area contributed by atoms with Crippen LogP contribution in [0, 0.1) is 11.3 Å². The van der Waals surface area contributed by atoms with E-state index in [1.807, 2.05) is 0 Å². The molecule has 0 saturated carbocycles. The molecule has 0 amide bonds. The van der Waals surface area contributed by atoms with E-state index >= 15 is 0 Å². The first-order valence-electron chi connectivity index (χ1n) is 6.33. The molecule has 2 rings (SSSR count). The number of anilines is 1. The summed E-state index contributed by atoms with van der Waals surface area (Å²) in [5.74, 6) is 0.368. The number of ether oxygens (including phenoxy) is 1. The molecule has 0 radical (unpaired) electrons. The summed E-state index contributed by atoms with van der Waals surface area (Å²) in [6, 6.07) is 0. The normalized spacial score (nSPS) is 19.4. The topological polar surface area (TPSA) is 52.3 Å². The zero-order chi connectivity index (χ0) is 13.5. The minimum Gasteiger partial charge on any atom is -0.465 e. The highest BCUT2D eigenvalue weighted by molar-refractivity contribution is 7.16. The fourth-order valence-corrected chi connectivity index (χ4v) is 3.86. The van der Waals surface area contributed by atoms with Crippen molar-refractivity contribution in [3.63, 3.8) is 0 Å². The maximum atomic E-state index is 11.8. The number of esters is 1. The summed E-state index contributed by atoms with van der Waals surface area (Å²) < 4.78 is 4.82. The van der Waals surface area contributed by atoms with Gasteiger partial charge in [-0.3, -0.25) is 0 Å². The molecule has 1 aromatic heterocycles. The zero-order valence-electron chi connectivity index (χ0n) is 11.5. The SMILES string of the molecule is COC(=O)c1c(N)sc2c1CC[C@@H](C(C)(C)C)C2. The highest BCUT2D eigenvalue weighted by atomic mass is 32.1. The van der Waals surface area contributed by atoms with Crippen LogP contribution in [-0.2, 0) is 17.6 Å². The first-order valence-corrected chi connectivity index (χ1v) is 7.14. The van der Waals surface area contributed by atoms with Crippen molar-refractivity contribution in [1.29, 1.82) is 0 Å². The molecule has 4 heteroatoms. The number of carbonyl (C=O) groups is 1. The molecule has 1 atom stereocenters. The van der Waals surface area contributed by atoms with Crippen molar-refractivity contribution >= 4 is 22.3 Å². The Morgan fingerprint density at radius 1 is 1.44 bits per heavy atom. The van der Waals surface area contributed by atoms with Crippen LogP contribution in [0.25, 0.3) is 0 Å². The molecule has 3 nitrogen and oxygen atoms in total. The van der Waals surface area contributed by atoms with Gasteiger partial charge in [-0.1, -0.05) is 20.8 Å². The van der Waals surface area contributed by atoms with E-state index in [1.54, 1.807) is 11.3 Å². The fraction of sp³-hybridized carbons (Fsp3) is 0.643. The molecule has 0 bridgehead atoms. The van der Waals surface area contributed by atoms with Crippen molar-refractivity contribution in [2.45, 2.75) is 40.0 Å². The number of hydrogen-bond donors (Lipinski definition) is 1. The second kappa shape index (κ2) is 4.57. The maximum absolute atomic E-state index is 11.8. The molecule has 0 aliphatic heterocycles. The van der Waals surface area contributed by atoms with Gasteiger partial charge in [-0.25, -0.2) is 4.79 Å². The van der Waals surface area contributed by atoms with E-state index in [9.17, 15) is 4.79 Å². The minimum absolute atomic E-state index is 0.292. The van der Waals surface area contributed by atoms with Gasteiger partial charge in [0.25, 0.3) is 0 Å². The molecule has 0 saturated heterocycles. The van der Waals surface area contributed by atoms with Crippen LogP contribution >= 0.6 is 11.3 Å². The monoisotopic (exact) mass is 267 g/mol. The lowest BCUT2D eigenvalue weighted by Gasteiger charge is -2.33. The van der Waals surface area contributed by atoms with Crippen LogP contribution in [-0.4, -0.2) is 13.1 Å². The number of rotatable bonds is 1. The second-order valence-electron chi connectivity index (χ2n) is 6.04. The van der Waals surface area contributed by atoms with Gasteiger partial charge >= 0.3 is 5.97 Å². The van der Waals surface area contributed by atoms with Gasteiger partial charge in [-0.15, -0.1) is 11.3 Å². The Bertz CT molecular complexity index is 471. The number of nitrogen functional groups attached to an aromatic ring is 1. The van der Waals surface area contributed by atoms with E-state index < -0.39 is 0 Å². The minimum atomic E-state index is -0.292. The lowest BCUT2D eigenvalue weighted by molar-refractivity contribution is 0.0600. The van der Waals surface area contributed by atoms with E-state index in [0.29, 0.717) is 21.9 Å². The molecule has 2 N–H and O–H groups in total. The number of methoxy groups -OCH3 is 1. The predicted octanol–water partition coefficient (Wildman–Crippen LogP) is 3.27. The van der Waals surface area contributed by atoms with Gasteiger partial charge in [0.1, 0.15) is 5.00 Å². The van der Waals surface area contributed by atoms with Gasteiger partial charge in [0.2, 0.25) is 0 Å². The fourth-order valence-electron chi connectivity index (χ4n) is 2.67. The molecule has 1 heterocycles. The Morgan fingerprint density at radius 2 is 2.11 bits per heavy atom. The molecule has 0 fully saturated rings. The van der Waals surface area contributed by atoms with Crippen molar-refractivity contribution < 1.29 is 9.53 Å². The number of fused-ring (bicyclic) bond motifs is 1. The third kappa shape index (κ3) is 2.26. The third-order valence-corrected chi connectivity index (χ3v) is 4.99. The quantitative estimate of drug-likeness (QED) is 0.794. The average molecular weight is 267 g/mol. The van der Waals surface area contributed by atoms with Crippen molar-refractivity contribution in [1.82, 2.24) is 0 Å². The van der Waals surface area contributed by atoms with Crippen molar-refractivity contribution in [3.8, 4) is 0 Å². The lowest BCUT2D eigenvalue weighted by Crippen LogP contribution is -2.26. The Hall–Kier alpha value is -1.03. The molecule has 0 unspecified atom stereocenters. The van der Waals surface area contributed by atoms with Crippen LogP contribution in [0.3, 0.4) is 0 Å². The Kier molecular flexibility index (Phi) is 3.41. The van der Waals surface area contributed by atoms with E-state index in [0.717, 1.165) is 24.8 Å². The first kappa shape index (κ1) is 13.4. The molecular formula is C14H21NO2S. The van der Waals surface area contributed by atoms with E-state index in [1.165, 1.54) is 12.0 Å². The molecular weight excluding hydrogens is 246 g/mol. The van der Waals surface area contributed by atoms with Crippen LogP contribution in [0.1, 0.15) is 48.0 Å². The summed E-state index contributed by atoms with van der Waals surface area (Å²) in [6.45, 7) is 6.84. The van der Waals surface area contributed by atoms with Crippen molar-refractivity contribution in [2.24, 2.45) is 11.3 Å². The molecule has 1 aliphatic rings. The number of thiophene rings is 1. The second-order valence-corrected chi connectivity index (χ2v) is 7.18. The van der Waals surface area contributed by atoms with Crippen molar-refractivity contribution in [3.05, 3.63) is 16.0 Å². The molecule has 18 heavy (non-hydrogen) atoms. The number of carbonyl (C=O) groups excluding carboxylic acids is 1.